The van der Waals surface area contributed by atoms with Crippen molar-refractivity contribution in [2.24, 2.45) is 0 Å². The van der Waals surface area contributed by atoms with Crippen molar-refractivity contribution in [2.45, 2.75) is 116 Å². The number of alkyl halides is 3. The largest absolute Gasteiger partial charge is 0.389 e. The number of halogens is 3. The van der Waals surface area contributed by atoms with Crippen LogP contribution in [-0.4, -0.2) is 25.5 Å². The first kappa shape index (κ1) is 28.0. The van der Waals surface area contributed by atoms with E-state index in [0.29, 0.717) is 19.6 Å². The van der Waals surface area contributed by atoms with E-state index in [2.05, 4.69) is 19.1 Å². The topological polar surface area (TPSA) is 18.5 Å². The van der Waals surface area contributed by atoms with Crippen LogP contribution in [0, 0.1) is 0 Å². The van der Waals surface area contributed by atoms with Gasteiger partial charge < -0.3 is 9.47 Å². The van der Waals surface area contributed by atoms with Crippen molar-refractivity contribution in [1.82, 2.24) is 0 Å². The fraction of sp³-hybridized carbons (Fsp3) is 0.769. The predicted molar refractivity (Wildman–Crippen MR) is 122 cm³/mol. The molecule has 1 rings (SSSR count). The van der Waals surface area contributed by atoms with Gasteiger partial charge in [0.25, 0.3) is 0 Å². The van der Waals surface area contributed by atoms with Gasteiger partial charge in [0.05, 0.1) is 19.3 Å². The van der Waals surface area contributed by atoms with E-state index in [0.717, 1.165) is 32.3 Å². The maximum absolute atomic E-state index is 12.0. The molecule has 1 atom stereocenters. The van der Waals surface area contributed by atoms with Crippen LogP contribution in [0.2, 0.25) is 0 Å². The third kappa shape index (κ3) is 19.3. The summed E-state index contributed by atoms with van der Waals surface area (Å²) in [5.74, 6) is 0. The molecule has 5 heteroatoms. The molecular formula is C26H43F3O2. The van der Waals surface area contributed by atoms with E-state index in [1.807, 2.05) is 18.2 Å². The van der Waals surface area contributed by atoms with Crippen LogP contribution < -0.4 is 0 Å². The summed E-state index contributed by atoms with van der Waals surface area (Å²) in [6.45, 7) is 4.14. The molecule has 2 nitrogen and oxygen atoms in total. The molecule has 0 saturated heterocycles. The summed E-state index contributed by atoms with van der Waals surface area (Å²) in [6, 6.07) is 10.2. The first-order valence-corrected chi connectivity index (χ1v) is 12.3. The molecule has 0 bridgehead atoms. The second-order valence-corrected chi connectivity index (χ2v) is 8.64. The molecule has 0 fully saturated rings. The highest BCUT2D eigenvalue weighted by atomic mass is 19.4. The van der Waals surface area contributed by atoms with Crippen molar-refractivity contribution >= 4 is 0 Å². The lowest BCUT2D eigenvalue weighted by atomic mass is 10.0. The van der Waals surface area contributed by atoms with Crippen LogP contribution in [0.15, 0.2) is 30.3 Å². The minimum atomic E-state index is -3.98. The van der Waals surface area contributed by atoms with Gasteiger partial charge in [0.2, 0.25) is 0 Å². The van der Waals surface area contributed by atoms with E-state index in [4.69, 9.17) is 9.47 Å². The van der Waals surface area contributed by atoms with E-state index >= 15 is 0 Å². The Balaban J connectivity index is 1.74. The lowest BCUT2D eigenvalue weighted by Gasteiger charge is -2.13. The lowest BCUT2D eigenvalue weighted by Crippen LogP contribution is -2.16. The lowest BCUT2D eigenvalue weighted by molar-refractivity contribution is -0.135. The zero-order valence-electron chi connectivity index (χ0n) is 19.4. The van der Waals surface area contributed by atoms with E-state index in [1.54, 1.807) is 0 Å². The third-order valence-corrected chi connectivity index (χ3v) is 5.48. The van der Waals surface area contributed by atoms with Crippen LogP contribution in [0.1, 0.15) is 102 Å². The molecule has 1 unspecified atom stereocenters. The summed E-state index contributed by atoms with van der Waals surface area (Å²) in [4.78, 5) is 0. The summed E-state index contributed by atoms with van der Waals surface area (Å²) >= 11 is 0. The molecule has 0 radical (unpaired) electrons. The monoisotopic (exact) mass is 444 g/mol. The minimum Gasteiger partial charge on any atom is -0.379 e. The summed E-state index contributed by atoms with van der Waals surface area (Å²) in [7, 11) is 0. The molecule has 180 valence electrons. The average molecular weight is 445 g/mol. The zero-order valence-corrected chi connectivity index (χ0v) is 19.4. The van der Waals surface area contributed by atoms with Crippen LogP contribution in [0.5, 0.6) is 0 Å². The maximum Gasteiger partial charge on any atom is 0.389 e. The molecule has 0 amide bonds. The molecule has 0 aliphatic heterocycles. The fourth-order valence-electron chi connectivity index (χ4n) is 3.58. The molecule has 1 aromatic carbocycles. The molecule has 0 aliphatic rings. The Hall–Kier alpha value is -1.07. The van der Waals surface area contributed by atoms with Crippen molar-refractivity contribution in [2.75, 3.05) is 13.2 Å². The van der Waals surface area contributed by atoms with Gasteiger partial charge in [0, 0.05) is 13.0 Å². The molecule has 0 aromatic heterocycles. The van der Waals surface area contributed by atoms with Crippen molar-refractivity contribution in [3.63, 3.8) is 0 Å². The van der Waals surface area contributed by atoms with Gasteiger partial charge in [-0.3, -0.25) is 0 Å². The molecule has 0 heterocycles. The van der Waals surface area contributed by atoms with Crippen LogP contribution in [-0.2, 0) is 16.1 Å². The van der Waals surface area contributed by atoms with Gasteiger partial charge >= 0.3 is 6.18 Å². The molecule has 0 N–H and O–H groups in total. The quantitative estimate of drug-likeness (QED) is 0.187. The van der Waals surface area contributed by atoms with Gasteiger partial charge in [0.1, 0.15) is 0 Å². The van der Waals surface area contributed by atoms with Gasteiger partial charge in [0.15, 0.2) is 0 Å². The number of rotatable bonds is 20. The third-order valence-electron chi connectivity index (χ3n) is 5.48. The molecule has 0 aliphatic carbocycles. The van der Waals surface area contributed by atoms with Gasteiger partial charge in [-0.15, -0.1) is 0 Å². The van der Waals surface area contributed by atoms with E-state index in [-0.39, 0.29) is 12.5 Å². The first-order valence-electron chi connectivity index (χ1n) is 12.3. The van der Waals surface area contributed by atoms with E-state index in [1.165, 1.54) is 50.5 Å². The van der Waals surface area contributed by atoms with Crippen LogP contribution >= 0.6 is 0 Å². The predicted octanol–water partition coefficient (Wildman–Crippen LogP) is 8.63. The molecule has 31 heavy (non-hydrogen) atoms. The Bertz CT molecular complexity index is 505. The van der Waals surface area contributed by atoms with E-state index in [9.17, 15) is 13.2 Å². The molecule has 0 spiro atoms. The van der Waals surface area contributed by atoms with Crippen LogP contribution in [0.3, 0.4) is 0 Å². The smallest absolute Gasteiger partial charge is 0.379 e. The highest BCUT2D eigenvalue weighted by Gasteiger charge is 2.25. The van der Waals surface area contributed by atoms with Crippen molar-refractivity contribution in [3.8, 4) is 0 Å². The number of unbranched alkanes of at least 4 members (excludes halogenated alkanes) is 12. The zero-order chi connectivity index (χ0) is 22.6. The highest BCUT2D eigenvalue weighted by molar-refractivity contribution is 5.13. The number of hydrogen-bond acceptors (Lipinski definition) is 2. The summed E-state index contributed by atoms with van der Waals surface area (Å²) in [5.41, 5.74) is 1.19. The first-order chi connectivity index (χ1) is 15.0. The van der Waals surface area contributed by atoms with Crippen molar-refractivity contribution < 1.29 is 22.6 Å². The number of benzene rings is 1. The highest BCUT2D eigenvalue weighted by Crippen LogP contribution is 2.23. The van der Waals surface area contributed by atoms with Crippen molar-refractivity contribution in [3.05, 3.63) is 35.9 Å². The van der Waals surface area contributed by atoms with Gasteiger partial charge in [-0.05, 0) is 25.3 Å². The van der Waals surface area contributed by atoms with Crippen LogP contribution in [0.4, 0.5) is 13.2 Å². The van der Waals surface area contributed by atoms with Gasteiger partial charge in [-0.25, -0.2) is 0 Å². The number of hydrogen-bond donors (Lipinski definition) is 0. The Kier molecular flexibility index (Phi) is 16.7. The standard InChI is InChI=1S/C26H43F3O2/c1-24(31-23-25-18-14-13-15-19-25)22-30-21-17-12-10-8-6-4-2-3-5-7-9-11-16-20-26(27,28)29/h13-15,18-19,24H,2-12,16-17,20-23H2,1H3. The molecule has 0 saturated carbocycles. The minimum absolute atomic E-state index is 0.111. The molecule has 1 aromatic rings. The Morgan fingerprint density at radius 3 is 1.71 bits per heavy atom. The van der Waals surface area contributed by atoms with Crippen LogP contribution in [0.25, 0.3) is 0 Å². The summed E-state index contributed by atoms with van der Waals surface area (Å²) in [6.07, 6.45) is 9.61. The second-order valence-electron chi connectivity index (χ2n) is 8.64. The summed E-state index contributed by atoms with van der Waals surface area (Å²) < 4.78 is 47.6. The Morgan fingerprint density at radius 1 is 0.710 bits per heavy atom. The normalized spacial score (nSPS) is 12.9. The van der Waals surface area contributed by atoms with Crippen molar-refractivity contribution in [1.29, 1.82) is 0 Å². The maximum atomic E-state index is 12.0. The van der Waals surface area contributed by atoms with E-state index < -0.39 is 12.6 Å². The Morgan fingerprint density at radius 2 is 1.19 bits per heavy atom. The second kappa shape index (κ2) is 18.5. The SMILES string of the molecule is CC(COCCCCCCCCCCCCCCCC(F)(F)F)OCc1ccccc1. The van der Waals surface area contributed by atoms with Gasteiger partial charge in [-0.2, -0.15) is 13.2 Å². The number of ether oxygens (including phenoxy) is 2. The average Bonchev–Trinajstić information content (AvgIpc) is 2.74. The Labute approximate surface area is 187 Å². The molecular weight excluding hydrogens is 401 g/mol. The fourth-order valence-corrected chi connectivity index (χ4v) is 3.58. The summed E-state index contributed by atoms with van der Waals surface area (Å²) in [5, 5.41) is 0. The van der Waals surface area contributed by atoms with Gasteiger partial charge in [-0.1, -0.05) is 101 Å².